The Balaban J connectivity index is 1.60. The molecule has 11 heteroatoms. The van der Waals surface area contributed by atoms with Crippen molar-refractivity contribution in [3.63, 3.8) is 0 Å². The molecule has 0 atom stereocenters. The zero-order valence-corrected chi connectivity index (χ0v) is 16.5. The van der Waals surface area contributed by atoms with Crippen molar-refractivity contribution < 1.29 is 26.3 Å². The first-order valence-electron chi connectivity index (χ1n) is 9.63. The lowest BCUT2D eigenvalue weighted by molar-refractivity contribution is -0.143. The Labute approximate surface area is 179 Å². The molecule has 0 aliphatic carbocycles. The molecule has 0 radical (unpaired) electrons. The van der Waals surface area contributed by atoms with Crippen LogP contribution in [0, 0.1) is 0 Å². The van der Waals surface area contributed by atoms with Gasteiger partial charge in [0.2, 0.25) is 0 Å². The van der Waals surface area contributed by atoms with E-state index in [1.54, 1.807) is 12.4 Å². The lowest BCUT2D eigenvalue weighted by atomic mass is 10.0. The molecule has 1 aromatic carbocycles. The van der Waals surface area contributed by atoms with Gasteiger partial charge >= 0.3 is 12.4 Å². The second-order valence-corrected chi connectivity index (χ2v) is 7.24. The van der Waals surface area contributed by atoms with Crippen molar-refractivity contribution in [2.45, 2.75) is 12.4 Å². The van der Waals surface area contributed by atoms with Gasteiger partial charge in [-0.2, -0.15) is 26.3 Å². The van der Waals surface area contributed by atoms with Crippen molar-refractivity contribution in [2.75, 3.05) is 36.0 Å². The number of halogens is 6. The Hall–Kier alpha value is -3.37. The Morgan fingerprint density at radius 3 is 1.81 bits per heavy atom. The Bertz CT molecular complexity index is 1040. The number of rotatable bonds is 3. The van der Waals surface area contributed by atoms with Gasteiger partial charge in [-0.05, 0) is 30.3 Å². The summed E-state index contributed by atoms with van der Waals surface area (Å²) in [7, 11) is 0. The first-order chi connectivity index (χ1) is 15.1. The fourth-order valence-electron chi connectivity index (χ4n) is 3.50. The van der Waals surface area contributed by atoms with Gasteiger partial charge in [0.05, 0.1) is 29.2 Å². The maximum Gasteiger partial charge on any atom is 0.416 e. The van der Waals surface area contributed by atoms with Crippen LogP contribution in [-0.4, -0.2) is 41.1 Å². The minimum Gasteiger partial charge on any atom is -0.368 e. The second kappa shape index (κ2) is 8.29. The van der Waals surface area contributed by atoms with E-state index in [9.17, 15) is 26.3 Å². The number of aromatic nitrogens is 3. The van der Waals surface area contributed by atoms with Crippen molar-refractivity contribution in [1.82, 2.24) is 15.0 Å². The number of alkyl halides is 6. The molecule has 0 amide bonds. The summed E-state index contributed by atoms with van der Waals surface area (Å²) in [6.07, 6.45) is -3.85. The number of hydrogen-bond donors (Lipinski definition) is 0. The monoisotopic (exact) mass is 453 g/mol. The summed E-state index contributed by atoms with van der Waals surface area (Å²) in [4.78, 5) is 16.4. The van der Waals surface area contributed by atoms with Gasteiger partial charge in [-0.15, -0.1) is 0 Å². The van der Waals surface area contributed by atoms with Gasteiger partial charge in [0.25, 0.3) is 0 Å². The molecule has 1 fully saturated rings. The Kier molecular flexibility index (Phi) is 5.66. The fourth-order valence-corrected chi connectivity index (χ4v) is 3.50. The summed E-state index contributed by atoms with van der Waals surface area (Å²) < 4.78 is 79.1. The lowest BCUT2D eigenvalue weighted by Crippen LogP contribution is -2.46. The van der Waals surface area contributed by atoms with E-state index in [4.69, 9.17) is 0 Å². The van der Waals surface area contributed by atoms with Crippen LogP contribution in [0.2, 0.25) is 0 Å². The second-order valence-electron chi connectivity index (χ2n) is 7.24. The molecule has 0 saturated carbocycles. The minimum absolute atomic E-state index is 0.0596. The number of benzene rings is 1. The minimum atomic E-state index is -4.93. The summed E-state index contributed by atoms with van der Waals surface area (Å²) >= 11 is 0. The SMILES string of the molecule is FC(F)(F)c1cc(-c2cncc(N3CCN(c4ccncc4)CC3)n2)cc(C(F)(F)F)c1. The number of nitrogens with zero attached hydrogens (tertiary/aromatic N) is 5. The maximum atomic E-state index is 13.2. The van der Waals surface area contributed by atoms with Gasteiger partial charge in [0, 0.05) is 49.8 Å². The highest BCUT2D eigenvalue weighted by molar-refractivity contribution is 5.63. The molecule has 3 aromatic rings. The highest BCUT2D eigenvalue weighted by atomic mass is 19.4. The van der Waals surface area contributed by atoms with Crippen LogP contribution in [0.1, 0.15) is 11.1 Å². The topological polar surface area (TPSA) is 45.2 Å². The Morgan fingerprint density at radius 1 is 0.688 bits per heavy atom. The largest absolute Gasteiger partial charge is 0.416 e. The molecule has 1 aliphatic rings. The average Bonchev–Trinajstić information content (AvgIpc) is 2.78. The third-order valence-corrected chi connectivity index (χ3v) is 5.14. The van der Waals surface area contributed by atoms with Gasteiger partial charge in [0.15, 0.2) is 0 Å². The quantitative estimate of drug-likeness (QED) is 0.528. The predicted molar refractivity (Wildman–Crippen MR) is 106 cm³/mol. The first kappa shape index (κ1) is 21.8. The summed E-state index contributed by atoms with van der Waals surface area (Å²) in [6.45, 7) is 2.46. The van der Waals surface area contributed by atoms with Crippen LogP contribution in [-0.2, 0) is 12.4 Å². The van der Waals surface area contributed by atoms with E-state index in [0.29, 0.717) is 44.1 Å². The number of hydrogen-bond acceptors (Lipinski definition) is 5. The van der Waals surface area contributed by atoms with Crippen LogP contribution in [0.4, 0.5) is 37.8 Å². The molecular weight excluding hydrogens is 436 g/mol. The van der Waals surface area contributed by atoms with Crippen LogP contribution in [0.3, 0.4) is 0 Å². The highest BCUT2D eigenvalue weighted by Gasteiger charge is 2.37. The lowest BCUT2D eigenvalue weighted by Gasteiger charge is -2.36. The molecule has 0 unspecified atom stereocenters. The zero-order valence-electron chi connectivity index (χ0n) is 16.5. The molecule has 0 spiro atoms. The standard InChI is InChI=1S/C21H17F6N5/c22-20(23,24)15-9-14(10-16(11-15)21(25,26)27)18-12-29-13-19(30-18)32-7-5-31(6-8-32)17-1-3-28-4-2-17/h1-4,9-13H,5-8H2. The molecule has 1 saturated heterocycles. The van der Waals surface area contributed by atoms with Gasteiger partial charge in [-0.25, -0.2) is 4.98 Å². The molecule has 3 heterocycles. The zero-order chi connectivity index (χ0) is 22.9. The number of piperazine rings is 1. The van der Waals surface area contributed by atoms with Gasteiger partial charge in [-0.1, -0.05) is 0 Å². The van der Waals surface area contributed by atoms with Crippen LogP contribution in [0.15, 0.2) is 55.1 Å². The smallest absolute Gasteiger partial charge is 0.368 e. The molecule has 32 heavy (non-hydrogen) atoms. The summed E-state index contributed by atoms with van der Waals surface area (Å²) in [5, 5.41) is 0. The summed E-state index contributed by atoms with van der Waals surface area (Å²) in [5.74, 6) is 0.392. The fraction of sp³-hybridized carbons (Fsp3) is 0.286. The predicted octanol–water partition coefficient (Wildman–Crippen LogP) is 4.90. The van der Waals surface area contributed by atoms with E-state index in [-0.39, 0.29) is 17.3 Å². The highest BCUT2D eigenvalue weighted by Crippen LogP contribution is 2.38. The molecule has 0 bridgehead atoms. The normalized spacial score (nSPS) is 15.2. The molecule has 168 valence electrons. The maximum absolute atomic E-state index is 13.2. The van der Waals surface area contributed by atoms with Crippen molar-refractivity contribution in [3.8, 4) is 11.3 Å². The van der Waals surface area contributed by atoms with E-state index < -0.39 is 23.5 Å². The number of pyridine rings is 1. The van der Waals surface area contributed by atoms with Crippen LogP contribution in [0.25, 0.3) is 11.3 Å². The average molecular weight is 453 g/mol. The third-order valence-electron chi connectivity index (χ3n) is 5.14. The third kappa shape index (κ3) is 4.76. The van der Waals surface area contributed by atoms with Crippen molar-refractivity contribution >= 4 is 11.5 Å². The number of anilines is 2. The van der Waals surface area contributed by atoms with Crippen LogP contribution >= 0.6 is 0 Å². The molecule has 4 rings (SSSR count). The molecule has 1 aliphatic heterocycles. The van der Waals surface area contributed by atoms with Gasteiger partial charge < -0.3 is 9.80 Å². The van der Waals surface area contributed by atoms with E-state index in [1.807, 2.05) is 17.0 Å². The molecule has 0 N–H and O–H groups in total. The van der Waals surface area contributed by atoms with Crippen molar-refractivity contribution in [2.24, 2.45) is 0 Å². The van der Waals surface area contributed by atoms with Gasteiger partial charge in [-0.3, -0.25) is 9.97 Å². The van der Waals surface area contributed by atoms with E-state index >= 15 is 0 Å². The first-order valence-corrected chi connectivity index (χ1v) is 9.63. The van der Waals surface area contributed by atoms with Gasteiger partial charge in [0.1, 0.15) is 5.82 Å². The van der Waals surface area contributed by atoms with E-state index in [1.165, 1.54) is 6.20 Å². The van der Waals surface area contributed by atoms with Crippen LogP contribution < -0.4 is 9.80 Å². The molecular formula is C21H17F6N5. The van der Waals surface area contributed by atoms with Crippen molar-refractivity contribution in [3.05, 3.63) is 66.2 Å². The van der Waals surface area contributed by atoms with E-state index in [2.05, 4.69) is 19.9 Å². The molecule has 5 nitrogen and oxygen atoms in total. The Morgan fingerprint density at radius 2 is 1.25 bits per heavy atom. The van der Waals surface area contributed by atoms with E-state index in [0.717, 1.165) is 11.9 Å². The molecule has 2 aromatic heterocycles. The summed E-state index contributed by atoms with van der Waals surface area (Å²) in [6, 6.07) is 5.19. The summed E-state index contributed by atoms with van der Waals surface area (Å²) in [5.41, 5.74) is -2.11. The van der Waals surface area contributed by atoms with Crippen molar-refractivity contribution in [1.29, 1.82) is 0 Å². The van der Waals surface area contributed by atoms with Crippen LogP contribution in [0.5, 0.6) is 0 Å².